The van der Waals surface area contributed by atoms with E-state index < -0.39 is 36.2 Å². The normalized spacial score (nSPS) is 20.8. The number of likely N-dealkylation sites (tertiary alicyclic amines) is 1. The van der Waals surface area contributed by atoms with Crippen LogP contribution in [-0.2, 0) is 29.1 Å². The molecule has 10 heteroatoms. The second kappa shape index (κ2) is 12.4. The molecule has 2 aromatic carbocycles. The summed E-state index contributed by atoms with van der Waals surface area (Å²) >= 11 is 1.58. The van der Waals surface area contributed by atoms with Gasteiger partial charge in [-0.05, 0) is 59.1 Å². The Morgan fingerprint density at radius 1 is 1.16 bits per heavy atom. The average molecular weight is 621 g/mol. The molecule has 0 spiro atoms. The van der Waals surface area contributed by atoms with E-state index in [1.54, 1.807) is 23.5 Å². The molecule has 44 heavy (non-hydrogen) atoms. The predicted molar refractivity (Wildman–Crippen MR) is 169 cm³/mol. The van der Waals surface area contributed by atoms with Crippen molar-refractivity contribution < 1.29 is 23.9 Å². The van der Waals surface area contributed by atoms with E-state index in [1.165, 1.54) is 4.90 Å². The van der Waals surface area contributed by atoms with E-state index in [4.69, 9.17) is 0 Å². The summed E-state index contributed by atoms with van der Waals surface area (Å²) in [6.07, 6.45) is -2.71. The Labute approximate surface area is 262 Å². The number of benzene rings is 2. The fourth-order valence-electron chi connectivity index (χ4n) is 6.30. The molecule has 0 bridgehead atoms. The highest BCUT2D eigenvalue weighted by molar-refractivity contribution is 7.13. The summed E-state index contributed by atoms with van der Waals surface area (Å²) in [6.45, 7) is 12.1. The molecule has 1 aromatic heterocycles. The molecule has 0 aliphatic carbocycles. The van der Waals surface area contributed by atoms with Crippen LogP contribution in [0, 0.1) is 18.3 Å². The highest BCUT2D eigenvalue weighted by Gasteiger charge is 2.51. The largest absolute Gasteiger partial charge is 0.388 e. The van der Waals surface area contributed by atoms with Crippen molar-refractivity contribution in [2.75, 3.05) is 6.54 Å². The Morgan fingerprint density at radius 2 is 1.89 bits per heavy atom. The van der Waals surface area contributed by atoms with E-state index in [2.05, 4.69) is 37.1 Å². The first-order chi connectivity index (χ1) is 20.8. The Bertz CT molecular complexity index is 1560. The van der Waals surface area contributed by atoms with Gasteiger partial charge in [0.05, 0.1) is 22.6 Å². The molecule has 2 aliphatic heterocycles. The average Bonchev–Trinajstić information content (AvgIpc) is 3.62. The van der Waals surface area contributed by atoms with E-state index in [9.17, 15) is 19.5 Å². The van der Waals surface area contributed by atoms with Gasteiger partial charge in [-0.25, -0.2) is 9.37 Å². The highest BCUT2D eigenvalue weighted by atomic mass is 32.1. The van der Waals surface area contributed by atoms with Crippen LogP contribution in [0.25, 0.3) is 10.4 Å². The smallest absolute Gasteiger partial charge is 0.255 e. The molecular weight excluding hydrogens is 579 g/mol. The molecule has 3 heterocycles. The number of nitrogens with one attached hydrogen (secondary N) is 1. The molecule has 1 saturated heterocycles. The van der Waals surface area contributed by atoms with Crippen LogP contribution in [0.3, 0.4) is 0 Å². The van der Waals surface area contributed by atoms with Crippen LogP contribution in [0.15, 0.2) is 48.0 Å². The van der Waals surface area contributed by atoms with Crippen molar-refractivity contribution in [1.29, 1.82) is 0 Å². The van der Waals surface area contributed by atoms with E-state index in [0.29, 0.717) is 5.56 Å². The van der Waals surface area contributed by atoms with Gasteiger partial charge in [-0.3, -0.25) is 14.4 Å². The Balaban J connectivity index is 1.36. The minimum absolute atomic E-state index is 0.0263. The van der Waals surface area contributed by atoms with Gasteiger partial charge in [0.15, 0.2) is 6.17 Å². The summed E-state index contributed by atoms with van der Waals surface area (Å²) in [6, 6.07) is 10.9. The van der Waals surface area contributed by atoms with Gasteiger partial charge in [0.25, 0.3) is 5.91 Å². The number of carbonyl (C=O) groups excluding carboxylic acids is 3. The monoisotopic (exact) mass is 620 g/mol. The summed E-state index contributed by atoms with van der Waals surface area (Å²) in [5.41, 5.74) is 7.11. The van der Waals surface area contributed by atoms with Crippen LogP contribution in [0.5, 0.6) is 0 Å². The van der Waals surface area contributed by atoms with Crippen molar-refractivity contribution in [3.8, 4) is 10.4 Å². The zero-order valence-corrected chi connectivity index (χ0v) is 27.0. The zero-order chi connectivity index (χ0) is 31.9. The molecule has 4 atom stereocenters. The third-order valence-corrected chi connectivity index (χ3v) is 9.38. The SMILES string of the molecule is Cc1ncsc1-c1ccc(CNC(=O)[C@@H]2[C@@H](F)[C@@H](O)CN2C(=O)[C@H](C(C)C)N2Cc3ccccc3C2=O)c(CC(C)(C)C)c1. The van der Waals surface area contributed by atoms with Crippen LogP contribution >= 0.6 is 11.3 Å². The lowest BCUT2D eigenvalue weighted by Crippen LogP contribution is -2.56. The van der Waals surface area contributed by atoms with Gasteiger partial charge in [-0.1, -0.05) is 65.0 Å². The van der Waals surface area contributed by atoms with Crippen LogP contribution in [0.4, 0.5) is 4.39 Å². The summed E-state index contributed by atoms with van der Waals surface area (Å²) in [4.78, 5) is 48.9. The van der Waals surface area contributed by atoms with Gasteiger partial charge >= 0.3 is 0 Å². The number of thiazole rings is 1. The lowest BCUT2D eigenvalue weighted by Gasteiger charge is -2.35. The number of aliphatic hydroxyl groups excluding tert-OH is 1. The number of nitrogens with zero attached hydrogens (tertiary/aromatic N) is 3. The zero-order valence-electron chi connectivity index (χ0n) is 26.1. The maximum Gasteiger partial charge on any atom is 0.255 e. The minimum Gasteiger partial charge on any atom is -0.388 e. The third kappa shape index (κ3) is 6.28. The fraction of sp³-hybridized carbons (Fsp3) is 0.471. The minimum atomic E-state index is -1.95. The number of carbonyl (C=O) groups is 3. The van der Waals surface area contributed by atoms with Gasteiger partial charge in [-0.2, -0.15) is 0 Å². The number of hydrogen-bond acceptors (Lipinski definition) is 6. The number of β-amino-alcohol motifs (C(OH)–C–C–N with tert-alkyl or cyclic N) is 1. The molecule has 3 amide bonds. The van der Waals surface area contributed by atoms with E-state index >= 15 is 4.39 Å². The van der Waals surface area contributed by atoms with Crippen molar-refractivity contribution in [2.45, 2.75) is 85.4 Å². The standard InChI is InChI=1S/C34H41FN4O4S/c1-19(2)28(38-16-23-9-7-8-10-25(23)32(38)42)33(43)39-17-26(40)27(35)29(39)31(41)36-15-22-12-11-21(30-20(3)37-18-44-30)13-24(22)14-34(4,5)6/h7-13,18-19,26-29,40H,14-17H2,1-6H3,(H,36,41)/t26-,27-,28-,29-/m0/s1. The molecule has 3 aromatic rings. The van der Waals surface area contributed by atoms with Gasteiger partial charge in [0.1, 0.15) is 18.2 Å². The fourth-order valence-corrected chi connectivity index (χ4v) is 7.11. The number of fused-ring (bicyclic) bond motifs is 1. The number of aliphatic hydroxyl groups is 1. The number of alkyl halides is 1. The maximum absolute atomic E-state index is 15.5. The number of rotatable bonds is 8. The Morgan fingerprint density at radius 3 is 2.52 bits per heavy atom. The summed E-state index contributed by atoms with van der Waals surface area (Å²) < 4.78 is 15.5. The van der Waals surface area contributed by atoms with Gasteiger partial charge in [0, 0.05) is 18.7 Å². The summed E-state index contributed by atoms with van der Waals surface area (Å²) in [5, 5.41) is 13.3. The van der Waals surface area contributed by atoms with Crippen molar-refractivity contribution in [3.63, 3.8) is 0 Å². The van der Waals surface area contributed by atoms with Crippen molar-refractivity contribution in [2.24, 2.45) is 11.3 Å². The quantitative estimate of drug-likeness (QED) is 0.373. The first-order valence-corrected chi connectivity index (χ1v) is 16.0. The second-order valence-electron chi connectivity index (χ2n) is 13.4. The lowest BCUT2D eigenvalue weighted by atomic mass is 9.85. The van der Waals surface area contributed by atoms with E-state index in [-0.39, 0.29) is 36.9 Å². The lowest BCUT2D eigenvalue weighted by molar-refractivity contribution is -0.144. The van der Waals surface area contributed by atoms with Gasteiger partial charge < -0.3 is 20.2 Å². The van der Waals surface area contributed by atoms with Crippen LogP contribution in [-0.4, -0.2) is 68.5 Å². The van der Waals surface area contributed by atoms with Crippen LogP contribution < -0.4 is 5.32 Å². The molecule has 1 fully saturated rings. The predicted octanol–water partition coefficient (Wildman–Crippen LogP) is 4.91. The van der Waals surface area contributed by atoms with Crippen LogP contribution in [0.2, 0.25) is 0 Å². The number of amides is 3. The molecule has 2 aliphatic rings. The highest BCUT2D eigenvalue weighted by Crippen LogP contribution is 2.33. The first-order valence-electron chi connectivity index (χ1n) is 15.1. The molecule has 0 unspecified atom stereocenters. The molecule has 0 radical (unpaired) electrons. The number of hydrogen-bond donors (Lipinski definition) is 2. The van der Waals surface area contributed by atoms with Crippen molar-refractivity contribution >= 4 is 29.1 Å². The summed E-state index contributed by atoms with van der Waals surface area (Å²) in [5.74, 6) is -1.79. The molecule has 234 valence electrons. The third-order valence-electron chi connectivity index (χ3n) is 8.40. The number of halogens is 1. The Hall–Kier alpha value is -3.63. The van der Waals surface area contributed by atoms with Crippen LogP contribution in [0.1, 0.15) is 67.4 Å². The van der Waals surface area contributed by atoms with Crippen molar-refractivity contribution in [1.82, 2.24) is 20.1 Å². The maximum atomic E-state index is 15.5. The second-order valence-corrected chi connectivity index (χ2v) is 14.3. The van der Waals surface area contributed by atoms with Gasteiger partial charge in [0.2, 0.25) is 11.8 Å². The topological polar surface area (TPSA) is 103 Å². The van der Waals surface area contributed by atoms with Gasteiger partial charge in [-0.15, -0.1) is 11.3 Å². The molecule has 8 nitrogen and oxygen atoms in total. The molecular formula is C34H41FN4O4S. The van der Waals surface area contributed by atoms with Crippen molar-refractivity contribution in [3.05, 3.63) is 75.9 Å². The molecule has 5 rings (SSSR count). The van der Waals surface area contributed by atoms with E-state index in [1.807, 2.05) is 50.5 Å². The number of aryl methyl sites for hydroxylation is 1. The van der Waals surface area contributed by atoms with E-state index in [0.717, 1.165) is 44.1 Å². The number of aromatic nitrogens is 1. The summed E-state index contributed by atoms with van der Waals surface area (Å²) in [7, 11) is 0. The molecule has 0 saturated carbocycles. The first kappa shape index (κ1) is 31.8. The Kier molecular flexibility index (Phi) is 8.96. The molecule has 2 N–H and O–H groups in total.